The van der Waals surface area contributed by atoms with Crippen molar-refractivity contribution in [1.82, 2.24) is 20.2 Å². The molecule has 1 fully saturated rings. The molecule has 6 heteroatoms. The lowest BCUT2D eigenvalue weighted by molar-refractivity contribution is -0.122. The zero-order valence-electron chi connectivity index (χ0n) is 15.9. The lowest BCUT2D eigenvalue weighted by Gasteiger charge is -2.16. The van der Waals surface area contributed by atoms with E-state index in [9.17, 15) is 9.59 Å². The molecule has 0 aliphatic heterocycles. The number of rotatable bonds is 7. The fourth-order valence-corrected chi connectivity index (χ4v) is 3.35. The minimum Gasteiger partial charge on any atom is -0.349 e. The van der Waals surface area contributed by atoms with Gasteiger partial charge in [-0.15, -0.1) is 0 Å². The highest BCUT2D eigenvalue weighted by atomic mass is 16.2. The Morgan fingerprint density at radius 1 is 1.11 bits per heavy atom. The van der Waals surface area contributed by atoms with Gasteiger partial charge in [0.25, 0.3) is 0 Å². The molecule has 1 aliphatic carbocycles. The maximum Gasteiger partial charge on any atom is 0.240 e. The fourth-order valence-electron chi connectivity index (χ4n) is 3.35. The molecule has 1 aliphatic rings. The molecule has 28 heavy (non-hydrogen) atoms. The van der Waals surface area contributed by atoms with Crippen LogP contribution in [0.2, 0.25) is 0 Å². The molecule has 1 heterocycles. The molecule has 0 bridgehead atoms. The van der Waals surface area contributed by atoms with Crippen molar-refractivity contribution in [2.75, 3.05) is 0 Å². The van der Waals surface area contributed by atoms with E-state index in [4.69, 9.17) is 0 Å². The van der Waals surface area contributed by atoms with E-state index >= 15 is 0 Å². The van der Waals surface area contributed by atoms with Gasteiger partial charge in [-0.05, 0) is 37.5 Å². The molecule has 144 valence electrons. The molecule has 2 N–H and O–H groups in total. The Morgan fingerprint density at radius 2 is 1.82 bits per heavy atom. The third kappa shape index (κ3) is 4.06. The van der Waals surface area contributed by atoms with Gasteiger partial charge in [-0.25, -0.2) is 4.98 Å². The number of aromatic nitrogens is 2. The van der Waals surface area contributed by atoms with Gasteiger partial charge in [0.1, 0.15) is 12.4 Å². The van der Waals surface area contributed by atoms with Crippen molar-refractivity contribution in [1.29, 1.82) is 0 Å². The van der Waals surface area contributed by atoms with Crippen LogP contribution in [0.1, 0.15) is 37.2 Å². The Morgan fingerprint density at radius 3 is 2.57 bits per heavy atom. The fraction of sp³-hybridized carbons (Fsp3) is 0.318. The number of benzene rings is 2. The Bertz CT molecular complexity index is 992. The second-order valence-electron chi connectivity index (χ2n) is 7.29. The minimum absolute atomic E-state index is 0.0701. The molecule has 1 unspecified atom stereocenters. The number of carbonyl (C=O) groups is 2. The van der Waals surface area contributed by atoms with Crippen molar-refractivity contribution in [3.8, 4) is 0 Å². The summed E-state index contributed by atoms with van der Waals surface area (Å²) in [4.78, 5) is 29.3. The number of hydrogen-bond donors (Lipinski definition) is 2. The van der Waals surface area contributed by atoms with Crippen molar-refractivity contribution in [3.05, 3.63) is 66.0 Å². The van der Waals surface area contributed by atoms with Crippen LogP contribution in [0.15, 0.2) is 54.6 Å². The van der Waals surface area contributed by atoms with Crippen LogP contribution in [0.3, 0.4) is 0 Å². The standard InChI is InChI=1S/C22H24N4O2/c1-15(16-7-3-2-4-8-16)24-21(27)14-26-19-10-6-5-9-18(19)25-20(26)13-23-22(28)17-11-12-17/h2-10,15,17H,11-14H2,1H3,(H,23,28)(H,24,27). The van der Waals surface area contributed by atoms with Crippen LogP contribution in [0.5, 0.6) is 0 Å². The molecule has 0 saturated heterocycles. The summed E-state index contributed by atoms with van der Waals surface area (Å²) in [5.41, 5.74) is 2.77. The van der Waals surface area contributed by atoms with E-state index in [0.29, 0.717) is 12.4 Å². The number of para-hydroxylation sites is 2. The first-order chi connectivity index (χ1) is 13.6. The summed E-state index contributed by atoms with van der Waals surface area (Å²) in [5, 5.41) is 5.99. The second kappa shape index (κ2) is 7.84. The molecule has 2 amide bonds. The van der Waals surface area contributed by atoms with Gasteiger partial charge in [0.05, 0.1) is 23.6 Å². The number of nitrogens with zero attached hydrogens (tertiary/aromatic N) is 2. The molecule has 1 saturated carbocycles. The van der Waals surface area contributed by atoms with Crippen LogP contribution in [0.25, 0.3) is 11.0 Å². The van der Waals surface area contributed by atoms with Crippen LogP contribution in [0.4, 0.5) is 0 Å². The summed E-state index contributed by atoms with van der Waals surface area (Å²) in [6, 6.07) is 17.5. The van der Waals surface area contributed by atoms with Crippen molar-refractivity contribution in [2.45, 2.75) is 38.9 Å². The van der Waals surface area contributed by atoms with Gasteiger partial charge in [0, 0.05) is 5.92 Å². The Labute approximate surface area is 164 Å². The van der Waals surface area contributed by atoms with E-state index in [2.05, 4.69) is 15.6 Å². The molecule has 0 spiro atoms. The normalized spacial score (nSPS) is 14.6. The Hall–Kier alpha value is -3.15. The molecule has 2 aromatic carbocycles. The quantitative estimate of drug-likeness (QED) is 0.666. The maximum atomic E-state index is 12.7. The number of nitrogens with one attached hydrogen (secondary N) is 2. The van der Waals surface area contributed by atoms with Crippen LogP contribution < -0.4 is 10.6 Å². The van der Waals surface area contributed by atoms with Gasteiger partial charge in [-0.3, -0.25) is 9.59 Å². The summed E-state index contributed by atoms with van der Waals surface area (Å²) in [6.07, 6.45) is 1.92. The number of amides is 2. The van der Waals surface area contributed by atoms with Crippen LogP contribution >= 0.6 is 0 Å². The van der Waals surface area contributed by atoms with Gasteiger partial charge in [-0.1, -0.05) is 42.5 Å². The first kappa shape index (κ1) is 18.2. The number of imidazole rings is 1. The molecule has 3 aromatic rings. The van der Waals surface area contributed by atoms with Crippen molar-refractivity contribution in [3.63, 3.8) is 0 Å². The molecule has 0 radical (unpaired) electrons. The summed E-state index contributed by atoms with van der Waals surface area (Å²) < 4.78 is 1.88. The third-order valence-electron chi connectivity index (χ3n) is 5.08. The predicted octanol–water partition coefficient (Wildman–Crippen LogP) is 2.94. The van der Waals surface area contributed by atoms with Gasteiger partial charge in [-0.2, -0.15) is 0 Å². The highest BCUT2D eigenvalue weighted by Gasteiger charge is 2.29. The van der Waals surface area contributed by atoms with Crippen molar-refractivity contribution >= 4 is 22.8 Å². The van der Waals surface area contributed by atoms with Gasteiger partial charge in [0.15, 0.2) is 0 Å². The first-order valence-corrected chi connectivity index (χ1v) is 9.68. The third-order valence-corrected chi connectivity index (χ3v) is 5.08. The van der Waals surface area contributed by atoms with E-state index in [1.165, 1.54) is 0 Å². The lowest BCUT2D eigenvalue weighted by Crippen LogP contribution is -2.32. The van der Waals surface area contributed by atoms with Gasteiger partial charge in [0.2, 0.25) is 11.8 Å². The van der Waals surface area contributed by atoms with Crippen LogP contribution in [0, 0.1) is 5.92 Å². The molecular weight excluding hydrogens is 352 g/mol. The van der Waals surface area contributed by atoms with E-state index in [0.717, 1.165) is 29.4 Å². The van der Waals surface area contributed by atoms with Crippen molar-refractivity contribution in [2.24, 2.45) is 5.92 Å². The summed E-state index contributed by atoms with van der Waals surface area (Å²) in [5.74, 6) is 0.820. The Kier molecular flexibility index (Phi) is 5.10. The maximum absolute atomic E-state index is 12.7. The van der Waals surface area contributed by atoms with Crippen LogP contribution in [-0.2, 0) is 22.7 Å². The number of hydrogen-bond acceptors (Lipinski definition) is 3. The van der Waals surface area contributed by atoms with Gasteiger partial charge < -0.3 is 15.2 Å². The number of carbonyl (C=O) groups excluding carboxylic acids is 2. The topological polar surface area (TPSA) is 76.0 Å². The van der Waals surface area contributed by atoms with E-state index in [1.54, 1.807) is 0 Å². The largest absolute Gasteiger partial charge is 0.349 e. The Balaban J connectivity index is 1.50. The smallest absolute Gasteiger partial charge is 0.240 e. The second-order valence-corrected chi connectivity index (χ2v) is 7.29. The summed E-state index contributed by atoms with van der Waals surface area (Å²) >= 11 is 0. The highest BCUT2D eigenvalue weighted by Crippen LogP contribution is 2.28. The predicted molar refractivity (Wildman–Crippen MR) is 107 cm³/mol. The average Bonchev–Trinajstić information content (AvgIpc) is 3.51. The zero-order valence-corrected chi connectivity index (χ0v) is 15.9. The molecular formula is C22H24N4O2. The van der Waals surface area contributed by atoms with E-state index in [-0.39, 0.29) is 30.3 Å². The zero-order chi connectivity index (χ0) is 19.5. The summed E-state index contributed by atoms with van der Waals surface area (Å²) in [6.45, 7) is 2.45. The van der Waals surface area contributed by atoms with E-state index < -0.39 is 0 Å². The minimum atomic E-state index is -0.0886. The SMILES string of the molecule is CC(NC(=O)Cn1c(CNC(=O)C2CC2)nc2ccccc21)c1ccccc1. The number of fused-ring (bicyclic) bond motifs is 1. The molecule has 1 atom stereocenters. The van der Waals surface area contributed by atoms with E-state index in [1.807, 2.05) is 66.1 Å². The average molecular weight is 376 g/mol. The monoisotopic (exact) mass is 376 g/mol. The van der Waals surface area contributed by atoms with Crippen molar-refractivity contribution < 1.29 is 9.59 Å². The van der Waals surface area contributed by atoms with Crippen LogP contribution in [-0.4, -0.2) is 21.4 Å². The molecule has 6 nitrogen and oxygen atoms in total. The first-order valence-electron chi connectivity index (χ1n) is 9.68. The summed E-state index contributed by atoms with van der Waals surface area (Å²) in [7, 11) is 0. The van der Waals surface area contributed by atoms with Gasteiger partial charge >= 0.3 is 0 Å². The lowest BCUT2D eigenvalue weighted by atomic mass is 10.1. The highest BCUT2D eigenvalue weighted by molar-refractivity contribution is 5.82. The molecule has 4 rings (SSSR count). The molecule has 1 aromatic heterocycles.